The second-order valence-electron chi connectivity index (χ2n) is 3.95. The van der Waals surface area contributed by atoms with Gasteiger partial charge < -0.3 is 19.2 Å². The summed E-state index contributed by atoms with van der Waals surface area (Å²) in [6, 6.07) is 0. The first-order valence-electron chi connectivity index (χ1n) is 4.76. The summed E-state index contributed by atoms with van der Waals surface area (Å²) in [6.07, 6.45) is -1.83. The predicted octanol–water partition coefficient (Wildman–Crippen LogP) is -1.32. The first-order valence-corrected chi connectivity index (χ1v) is 4.76. The van der Waals surface area contributed by atoms with Gasteiger partial charge in [0.1, 0.15) is 19.1 Å². The topological polar surface area (TPSA) is 54.4 Å². The summed E-state index contributed by atoms with van der Waals surface area (Å²) in [6.45, 7) is 0.415. The molecule has 0 aromatic carbocycles. The molecular formula is C8H18BN2O4. The van der Waals surface area contributed by atoms with E-state index in [1.807, 2.05) is 19.0 Å². The maximum absolute atomic E-state index is 9.77. The van der Waals surface area contributed by atoms with Gasteiger partial charge in [-0.1, -0.05) is 0 Å². The SMILES string of the molecule is CN(C)CO[C@H]1O[B]O[C@@H]1C(O)N(C)C. The molecule has 3 atom stereocenters. The highest BCUT2D eigenvalue weighted by atomic mass is 16.8. The lowest BCUT2D eigenvalue weighted by atomic mass is 10.3. The first kappa shape index (κ1) is 12.9. The highest BCUT2D eigenvalue weighted by molar-refractivity contribution is 6.19. The summed E-state index contributed by atoms with van der Waals surface area (Å²) >= 11 is 0. The van der Waals surface area contributed by atoms with Gasteiger partial charge in [0.05, 0.1) is 0 Å². The molecule has 1 unspecified atom stereocenters. The van der Waals surface area contributed by atoms with Gasteiger partial charge in [-0.2, -0.15) is 0 Å². The monoisotopic (exact) mass is 217 g/mol. The van der Waals surface area contributed by atoms with Crippen molar-refractivity contribution >= 4 is 7.69 Å². The third-order valence-electron chi connectivity index (χ3n) is 1.99. The van der Waals surface area contributed by atoms with Crippen LogP contribution in [0.2, 0.25) is 0 Å². The van der Waals surface area contributed by atoms with E-state index in [0.29, 0.717) is 6.73 Å². The fourth-order valence-corrected chi connectivity index (χ4v) is 1.15. The number of ether oxygens (including phenoxy) is 1. The van der Waals surface area contributed by atoms with E-state index >= 15 is 0 Å². The van der Waals surface area contributed by atoms with Gasteiger partial charge in [-0.05, 0) is 28.2 Å². The summed E-state index contributed by atoms with van der Waals surface area (Å²) in [5.41, 5.74) is 0. The zero-order chi connectivity index (χ0) is 11.4. The molecule has 0 spiro atoms. The number of hydrogen-bond donors (Lipinski definition) is 1. The summed E-state index contributed by atoms with van der Waals surface area (Å²) in [5.74, 6) is 0. The fourth-order valence-electron chi connectivity index (χ4n) is 1.15. The average Bonchev–Trinajstić information content (AvgIpc) is 2.60. The van der Waals surface area contributed by atoms with Crippen LogP contribution in [-0.2, 0) is 14.0 Å². The Balaban J connectivity index is 2.42. The Morgan fingerprint density at radius 2 is 2.00 bits per heavy atom. The number of rotatable bonds is 5. The largest absolute Gasteiger partial charge is 0.490 e. The third-order valence-corrected chi connectivity index (χ3v) is 1.99. The summed E-state index contributed by atoms with van der Waals surface area (Å²) in [7, 11) is 8.50. The van der Waals surface area contributed by atoms with Crippen LogP contribution in [0.5, 0.6) is 0 Å². The maximum atomic E-state index is 9.77. The van der Waals surface area contributed by atoms with Crippen LogP contribution in [0.4, 0.5) is 0 Å². The van der Waals surface area contributed by atoms with E-state index in [4.69, 9.17) is 14.0 Å². The van der Waals surface area contributed by atoms with E-state index in [9.17, 15) is 5.11 Å². The molecule has 0 aliphatic carbocycles. The Morgan fingerprint density at radius 1 is 1.33 bits per heavy atom. The molecule has 0 aromatic heterocycles. The highest BCUT2D eigenvalue weighted by Gasteiger charge is 2.37. The molecule has 6 nitrogen and oxygen atoms in total. The van der Waals surface area contributed by atoms with Gasteiger partial charge in [0.25, 0.3) is 0 Å². The second kappa shape index (κ2) is 5.79. The molecule has 1 heterocycles. The lowest BCUT2D eigenvalue weighted by Gasteiger charge is -2.28. The van der Waals surface area contributed by atoms with Gasteiger partial charge in [-0.25, -0.2) is 0 Å². The lowest BCUT2D eigenvalue weighted by Crippen LogP contribution is -2.45. The highest BCUT2D eigenvalue weighted by Crippen LogP contribution is 2.17. The molecule has 15 heavy (non-hydrogen) atoms. The number of aliphatic hydroxyl groups excluding tert-OH is 1. The molecule has 0 saturated carbocycles. The molecular weight excluding hydrogens is 199 g/mol. The van der Waals surface area contributed by atoms with Crippen LogP contribution in [0, 0.1) is 0 Å². The molecule has 1 rings (SSSR count). The predicted molar refractivity (Wildman–Crippen MR) is 54.8 cm³/mol. The van der Waals surface area contributed by atoms with Crippen molar-refractivity contribution in [3.05, 3.63) is 0 Å². The van der Waals surface area contributed by atoms with Gasteiger partial charge >= 0.3 is 7.69 Å². The van der Waals surface area contributed by atoms with Gasteiger partial charge in [-0.15, -0.1) is 0 Å². The van der Waals surface area contributed by atoms with Gasteiger partial charge in [0.15, 0.2) is 6.29 Å². The Morgan fingerprint density at radius 3 is 2.53 bits per heavy atom. The minimum absolute atomic E-state index is 0.415. The van der Waals surface area contributed by atoms with Crippen molar-refractivity contribution in [1.29, 1.82) is 0 Å². The minimum atomic E-state index is -0.754. The van der Waals surface area contributed by atoms with Crippen molar-refractivity contribution in [2.75, 3.05) is 34.9 Å². The normalized spacial score (nSPS) is 28.5. The summed E-state index contributed by atoms with van der Waals surface area (Å²) in [4.78, 5) is 3.50. The molecule has 0 amide bonds. The van der Waals surface area contributed by atoms with E-state index in [1.54, 1.807) is 19.0 Å². The summed E-state index contributed by atoms with van der Waals surface area (Å²) < 4.78 is 15.7. The fraction of sp³-hybridized carbons (Fsp3) is 1.00. The van der Waals surface area contributed by atoms with E-state index in [1.165, 1.54) is 7.69 Å². The zero-order valence-corrected chi connectivity index (χ0v) is 9.58. The number of nitrogens with zero attached hydrogens (tertiary/aromatic N) is 2. The van der Waals surface area contributed by atoms with E-state index in [-0.39, 0.29) is 0 Å². The maximum Gasteiger partial charge on any atom is 0.490 e. The van der Waals surface area contributed by atoms with Crippen molar-refractivity contribution < 1.29 is 19.2 Å². The average molecular weight is 217 g/mol. The van der Waals surface area contributed by atoms with Crippen LogP contribution in [0.1, 0.15) is 0 Å². The number of likely N-dealkylation sites (N-methyl/N-ethyl adjacent to an activating group) is 1. The Bertz CT molecular complexity index is 193. The molecule has 1 N–H and O–H groups in total. The molecule has 1 saturated heterocycles. The van der Waals surface area contributed by atoms with Gasteiger partial charge in [0.2, 0.25) is 0 Å². The van der Waals surface area contributed by atoms with E-state index < -0.39 is 18.6 Å². The first-order chi connectivity index (χ1) is 7.02. The molecule has 1 aliphatic heterocycles. The molecule has 1 aliphatic rings. The van der Waals surface area contributed by atoms with Crippen molar-refractivity contribution in [2.24, 2.45) is 0 Å². The number of aliphatic hydroxyl groups is 1. The number of hydrogen-bond acceptors (Lipinski definition) is 6. The minimum Gasteiger partial charge on any atom is -0.402 e. The second-order valence-corrected chi connectivity index (χ2v) is 3.95. The molecule has 1 radical (unpaired) electrons. The smallest absolute Gasteiger partial charge is 0.402 e. The van der Waals surface area contributed by atoms with Crippen molar-refractivity contribution in [3.63, 3.8) is 0 Å². The molecule has 1 fully saturated rings. The van der Waals surface area contributed by atoms with Crippen molar-refractivity contribution in [3.8, 4) is 0 Å². The van der Waals surface area contributed by atoms with Crippen LogP contribution >= 0.6 is 0 Å². The standard InChI is InChI=1S/C8H18BN2O4/c1-10(2)5-13-8-6(14-9-15-8)7(12)11(3)4/h6-8,12H,5H2,1-4H3/t6-,7?,8+/m1/s1. The lowest BCUT2D eigenvalue weighted by molar-refractivity contribution is -0.165. The van der Waals surface area contributed by atoms with Crippen LogP contribution in [0.25, 0.3) is 0 Å². The third kappa shape index (κ3) is 3.71. The molecule has 7 heteroatoms. The van der Waals surface area contributed by atoms with Crippen molar-refractivity contribution in [2.45, 2.75) is 18.6 Å². The summed E-state index contributed by atoms with van der Waals surface area (Å²) in [5, 5.41) is 9.77. The Labute approximate surface area is 91.0 Å². The van der Waals surface area contributed by atoms with E-state index in [2.05, 4.69) is 0 Å². The quantitative estimate of drug-likeness (QED) is 0.455. The Hall–Kier alpha value is -0.175. The van der Waals surface area contributed by atoms with Gasteiger partial charge in [-0.3, -0.25) is 9.80 Å². The van der Waals surface area contributed by atoms with Crippen LogP contribution < -0.4 is 0 Å². The van der Waals surface area contributed by atoms with Gasteiger partial charge in [0, 0.05) is 0 Å². The Kier molecular flexibility index (Phi) is 4.97. The van der Waals surface area contributed by atoms with Crippen LogP contribution in [0.15, 0.2) is 0 Å². The van der Waals surface area contributed by atoms with Crippen molar-refractivity contribution in [1.82, 2.24) is 9.80 Å². The van der Waals surface area contributed by atoms with Crippen LogP contribution in [-0.4, -0.2) is 76.1 Å². The molecule has 0 bridgehead atoms. The molecule has 87 valence electrons. The van der Waals surface area contributed by atoms with E-state index in [0.717, 1.165) is 0 Å². The molecule has 0 aromatic rings. The van der Waals surface area contributed by atoms with Crippen LogP contribution in [0.3, 0.4) is 0 Å². The zero-order valence-electron chi connectivity index (χ0n) is 9.58.